The zero-order chi connectivity index (χ0) is 13.9. The van der Waals surface area contributed by atoms with Gasteiger partial charge in [0.05, 0.1) is 24.8 Å². The first-order valence-corrected chi connectivity index (χ1v) is 6.60. The number of fused-ring (bicyclic) bond motifs is 2. The normalized spacial score (nSPS) is 50.4. The molecule has 3 rings (SSSR count). The van der Waals surface area contributed by atoms with Crippen molar-refractivity contribution in [3.8, 4) is 12.1 Å². The molecule has 1 saturated heterocycles. The molecule has 0 radical (unpaired) electrons. The fraction of sp³-hybridized carbons (Fsp3) is 0.769. The molecule has 5 atom stereocenters. The summed E-state index contributed by atoms with van der Waals surface area (Å²) >= 11 is 0. The third-order valence-corrected chi connectivity index (χ3v) is 4.65. The first-order chi connectivity index (χ1) is 9.04. The number of rotatable bonds is 2. The Kier molecular flexibility index (Phi) is 2.27. The van der Waals surface area contributed by atoms with Gasteiger partial charge < -0.3 is 9.47 Å². The van der Waals surface area contributed by atoms with E-state index >= 15 is 0 Å². The number of ether oxygens (including phenoxy) is 2. The van der Waals surface area contributed by atoms with E-state index in [0.29, 0.717) is 12.4 Å². The van der Waals surface area contributed by atoms with Gasteiger partial charge in [-0.15, -0.1) is 0 Å². The van der Waals surface area contributed by atoms with Crippen LogP contribution < -0.4 is 10.7 Å². The van der Waals surface area contributed by atoms with Gasteiger partial charge in [-0.3, -0.25) is 5.73 Å². The molecule has 0 unspecified atom stereocenters. The molecule has 1 spiro atoms. The van der Waals surface area contributed by atoms with Gasteiger partial charge in [-0.1, -0.05) is 13.3 Å². The van der Waals surface area contributed by atoms with Gasteiger partial charge in [0.25, 0.3) is 5.84 Å². The predicted octanol–water partition coefficient (Wildman–Crippen LogP) is -1.02. The van der Waals surface area contributed by atoms with Crippen LogP contribution in [-0.4, -0.2) is 24.5 Å². The SMILES string of the molecule is CCC[C@@H]1[C@@]2(C#N)[C@@]3([NH+]=C(N)[C@@]12C#N)OC[C@H](C)O3. The van der Waals surface area contributed by atoms with Crippen LogP contribution in [0.5, 0.6) is 0 Å². The Bertz CT molecular complexity index is 548. The Hall–Kier alpha value is -1.63. The number of nitrogens with zero attached hydrogens (tertiary/aromatic N) is 2. The monoisotopic (exact) mass is 261 g/mol. The predicted molar refractivity (Wildman–Crippen MR) is 63.9 cm³/mol. The van der Waals surface area contributed by atoms with Crippen molar-refractivity contribution in [1.82, 2.24) is 0 Å². The minimum absolute atomic E-state index is 0.122. The number of nitrogens with two attached hydrogens (primary N) is 1. The zero-order valence-electron chi connectivity index (χ0n) is 11.1. The van der Waals surface area contributed by atoms with Crippen molar-refractivity contribution in [2.24, 2.45) is 22.5 Å². The van der Waals surface area contributed by atoms with Crippen LogP contribution in [-0.2, 0) is 9.47 Å². The molecule has 3 N–H and O–H groups in total. The summed E-state index contributed by atoms with van der Waals surface area (Å²) < 4.78 is 11.6. The van der Waals surface area contributed by atoms with Gasteiger partial charge in [0.15, 0.2) is 10.8 Å². The van der Waals surface area contributed by atoms with E-state index in [-0.39, 0.29) is 12.0 Å². The Labute approximate surface area is 111 Å². The fourth-order valence-electron chi connectivity index (χ4n) is 3.86. The molecule has 1 saturated carbocycles. The van der Waals surface area contributed by atoms with Gasteiger partial charge in [0.1, 0.15) is 0 Å². The molecular formula is C13H17N4O2+. The summed E-state index contributed by atoms with van der Waals surface area (Å²) in [5.74, 6) is -1.07. The second-order valence-electron chi connectivity index (χ2n) is 5.58. The first-order valence-electron chi connectivity index (χ1n) is 6.60. The molecule has 6 nitrogen and oxygen atoms in total. The fourth-order valence-corrected chi connectivity index (χ4v) is 3.86. The summed E-state index contributed by atoms with van der Waals surface area (Å²) in [5, 5.41) is 19.3. The summed E-state index contributed by atoms with van der Waals surface area (Å²) in [6, 6.07) is 4.54. The molecule has 0 aromatic rings. The average Bonchev–Trinajstić information content (AvgIpc) is 2.70. The zero-order valence-corrected chi connectivity index (χ0v) is 11.1. The van der Waals surface area contributed by atoms with Crippen LogP contribution in [0.1, 0.15) is 26.7 Å². The highest BCUT2D eigenvalue weighted by molar-refractivity contribution is 5.93. The van der Waals surface area contributed by atoms with E-state index in [1.54, 1.807) is 0 Å². The van der Waals surface area contributed by atoms with Gasteiger partial charge in [-0.25, -0.2) is 4.99 Å². The topological polar surface area (TPSA) is 106 Å². The minimum atomic E-state index is -1.25. The van der Waals surface area contributed by atoms with E-state index in [4.69, 9.17) is 15.2 Å². The van der Waals surface area contributed by atoms with Gasteiger partial charge in [-0.05, 0) is 13.3 Å². The van der Waals surface area contributed by atoms with Crippen molar-refractivity contribution in [3.63, 3.8) is 0 Å². The van der Waals surface area contributed by atoms with Crippen molar-refractivity contribution in [3.05, 3.63) is 0 Å². The number of nitriles is 2. The molecule has 0 aromatic carbocycles. The Morgan fingerprint density at radius 2 is 2.21 bits per heavy atom. The second-order valence-corrected chi connectivity index (χ2v) is 5.58. The highest BCUT2D eigenvalue weighted by Gasteiger charge is 2.96. The number of hydrogen-bond acceptors (Lipinski definition) is 5. The van der Waals surface area contributed by atoms with E-state index in [9.17, 15) is 10.5 Å². The van der Waals surface area contributed by atoms with Gasteiger partial charge in [0.2, 0.25) is 0 Å². The highest BCUT2D eigenvalue weighted by Crippen LogP contribution is 2.76. The summed E-state index contributed by atoms with van der Waals surface area (Å²) in [4.78, 5) is 2.94. The third-order valence-electron chi connectivity index (χ3n) is 4.65. The number of amidine groups is 1. The lowest BCUT2D eigenvalue weighted by Crippen LogP contribution is -2.90. The van der Waals surface area contributed by atoms with Crippen molar-refractivity contribution in [2.45, 2.75) is 38.7 Å². The molecule has 0 bridgehead atoms. The van der Waals surface area contributed by atoms with Crippen LogP contribution in [0.3, 0.4) is 0 Å². The van der Waals surface area contributed by atoms with E-state index in [1.807, 2.05) is 13.8 Å². The quantitative estimate of drug-likeness (QED) is 0.661. The second kappa shape index (κ2) is 3.47. The standard InChI is InChI=1S/C13H16N4O2/c1-3-4-9-11(6-14)10(16)17-13(12(9,11)7-15)18-5-8(2)19-13/h8-9H,3-5H2,1-2H3,(H2,16,17)/p+1/t8-,9-,11+,12+,13+/m0/s1. The van der Waals surface area contributed by atoms with Gasteiger partial charge in [-0.2, -0.15) is 10.5 Å². The number of hydrogen-bond donors (Lipinski definition) is 2. The molecule has 2 fully saturated rings. The summed E-state index contributed by atoms with van der Waals surface area (Å²) in [7, 11) is 0. The maximum atomic E-state index is 9.72. The van der Waals surface area contributed by atoms with Crippen LogP contribution >= 0.6 is 0 Å². The van der Waals surface area contributed by atoms with Crippen LogP contribution in [0.4, 0.5) is 0 Å². The van der Waals surface area contributed by atoms with Crippen LogP contribution in [0.2, 0.25) is 0 Å². The smallest absolute Gasteiger partial charge is 0.311 e. The molecule has 19 heavy (non-hydrogen) atoms. The Morgan fingerprint density at radius 1 is 1.47 bits per heavy atom. The van der Waals surface area contributed by atoms with Crippen molar-refractivity contribution in [2.75, 3.05) is 6.61 Å². The highest BCUT2D eigenvalue weighted by atomic mass is 16.8. The lowest BCUT2D eigenvalue weighted by molar-refractivity contribution is -0.678. The average molecular weight is 261 g/mol. The third kappa shape index (κ3) is 1.03. The van der Waals surface area contributed by atoms with E-state index in [1.165, 1.54) is 0 Å². The van der Waals surface area contributed by atoms with E-state index in [0.717, 1.165) is 12.8 Å². The van der Waals surface area contributed by atoms with Crippen LogP contribution in [0.25, 0.3) is 0 Å². The Balaban J connectivity index is 2.13. The molecule has 3 aliphatic rings. The van der Waals surface area contributed by atoms with Gasteiger partial charge in [0, 0.05) is 5.92 Å². The number of nitrogens with one attached hydrogen (secondary N) is 1. The van der Waals surface area contributed by atoms with Gasteiger partial charge >= 0.3 is 5.91 Å². The summed E-state index contributed by atoms with van der Waals surface area (Å²) in [6.07, 6.45) is 1.52. The molecule has 6 heteroatoms. The van der Waals surface area contributed by atoms with E-state index < -0.39 is 16.7 Å². The van der Waals surface area contributed by atoms with Crippen LogP contribution in [0.15, 0.2) is 0 Å². The van der Waals surface area contributed by atoms with Crippen LogP contribution in [0, 0.1) is 39.4 Å². The lowest BCUT2D eigenvalue weighted by Gasteiger charge is -2.23. The molecule has 0 aromatic heterocycles. The summed E-state index contributed by atoms with van der Waals surface area (Å²) in [5.41, 5.74) is 4.01. The van der Waals surface area contributed by atoms with Crippen molar-refractivity contribution >= 4 is 5.84 Å². The lowest BCUT2D eigenvalue weighted by atomic mass is 9.94. The Morgan fingerprint density at radius 3 is 2.68 bits per heavy atom. The minimum Gasteiger partial charge on any atom is -0.311 e. The largest absolute Gasteiger partial charge is 0.343 e. The first kappa shape index (κ1) is 12.4. The molecular weight excluding hydrogens is 244 g/mol. The molecule has 100 valence electrons. The molecule has 2 heterocycles. The molecule has 0 amide bonds. The molecule has 2 aliphatic heterocycles. The van der Waals surface area contributed by atoms with E-state index in [2.05, 4.69) is 17.1 Å². The molecule has 1 aliphatic carbocycles. The summed E-state index contributed by atoms with van der Waals surface area (Å²) in [6.45, 7) is 4.30. The maximum absolute atomic E-state index is 9.72. The van der Waals surface area contributed by atoms with Crippen molar-refractivity contribution < 1.29 is 14.5 Å². The maximum Gasteiger partial charge on any atom is 0.343 e. The van der Waals surface area contributed by atoms with Crippen molar-refractivity contribution in [1.29, 1.82) is 10.5 Å².